The van der Waals surface area contributed by atoms with E-state index in [1.54, 1.807) is 43.7 Å². The minimum atomic E-state index is -0.429. The largest absolute Gasteiger partial charge is 0.508 e. The van der Waals surface area contributed by atoms with Crippen LogP contribution < -0.4 is 9.64 Å². The molecule has 6 nitrogen and oxygen atoms in total. The molecule has 1 fully saturated rings. The zero-order valence-corrected chi connectivity index (χ0v) is 25.8. The van der Waals surface area contributed by atoms with Crippen LogP contribution in [-0.2, 0) is 4.74 Å². The average molecular weight is 589 g/mol. The topological polar surface area (TPSA) is 62.2 Å². The first kappa shape index (κ1) is 30.0. The number of benzene rings is 3. The highest BCUT2D eigenvalue weighted by Gasteiger charge is 2.29. The number of piperazine rings is 1. The van der Waals surface area contributed by atoms with E-state index in [4.69, 9.17) is 21.1 Å². The summed E-state index contributed by atoms with van der Waals surface area (Å²) >= 11 is 6.19. The lowest BCUT2D eigenvalue weighted by molar-refractivity contribution is 0.0523. The fraction of sp³-hybridized carbons (Fsp3) is 0.400. The van der Waals surface area contributed by atoms with Crippen molar-refractivity contribution in [2.75, 3.05) is 44.2 Å². The molecule has 0 amide bonds. The van der Waals surface area contributed by atoms with Crippen LogP contribution in [0.1, 0.15) is 61.5 Å². The van der Waals surface area contributed by atoms with Gasteiger partial charge in [-0.25, -0.2) is 4.79 Å². The molecule has 3 aromatic carbocycles. The van der Waals surface area contributed by atoms with E-state index in [0.717, 1.165) is 56.3 Å². The van der Waals surface area contributed by atoms with Crippen molar-refractivity contribution >= 4 is 28.8 Å². The van der Waals surface area contributed by atoms with Gasteiger partial charge in [-0.1, -0.05) is 49.2 Å². The number of phenols is 1. The molecule has 0 atom stereocenters. The van der Waals surface area contributed by atoms with Gasteiger partial charge >= 0.3 is 5.97 Å². The van der Waals surface area contributed by atoms with Gasteiger partial charge < -0.3 is 19.5 Å². The van der Waals surface area contributed by atoms with Gasteiger partial charge in [0.25, 0.3) is 0 Å². The van der Waals surface area contributed by atoms with Crippen LogP contribution >= 0.6 is 11.6 Å². The van der Waals surface area contributed by atoms with Gasteiger partial charge in [-0.3, -0.25) is 4.90 Å². The fourth-order valence-corrected chi connectivity index (χ4v) is 6.03. The summed E-state index contributed by atoms with van der Waals surface area (Å²) in [6.07, 6.45) is 3.40. The molecule has 1 saturated heterocycles. The van der Waals surface area contributed by atoms with E-state index >= 15 is 0 Å². The summed E-state index contributed by atoms with van der Waals surface area (Å²) in [6, 6.07) is 19.1. The van der Waals surface area contributed by atoms with E-state index in [-0.39, 0.29) is 12.4 Å². The highest BCUT2D eigenvalue weighted by molar-refractivity contribution is 6.30. The third-order valence-electron chi connectivity index (χ3n) is 8.47. The molecular formula is C35H41ClN2O4. The predicted molar refractivity (Wildman–Crippen MR) is 170 cm³/mol. The maximum absolute atomic E-state index is 12.7. The van der Waals surface area contributed by atoms with Crippen molar-refractivity contribution < 1.29 is 19.4 Å². The van der Waals surface area contributed by atoms with Gasteiger partial charge in [0.15, 0.2) is 0 Å². The van der Waals surface area contributed by atoms with Gasteiger partial charge in [-0.05, 0) is 86.1 Å². The zero-order chi connectivity index (χ0) is 29.9. The Morgan fingerprint density at radius 3 is 2.45 bits per heavy atom. The number of hydrogen-bond acceptors (Lipinski definition) is 6. The van der Waals surface area contributed by atoms with Gasteiger partial charge in [0.1, 0.15) is 22.8 Å². The molecule has 1 aliphatic heterocycles. The van der Waals surface area contributed by atoms with Gasteiger partial charge in [0.2, 0.25) is 0 Å². The molecule has 1 N–H and O–H groups in total. The number of anilines is 1. The number of rotatable bonds is 8. The lowest BCUT2D eigenvalue weighted by Gasteiger charge is -2.39. The summed E-state index contributed by atoms with van der Waals surface area (Å²) in [5.41, 5.74) is 6.58. The van der Waals surface area contributed by atoms with Crippen molar-refractivity contribution in [2.24, 2.45) is 5.41 Å². The van der Waals surface area contributed by atoms with Crippen LogP contribution in [0.4, 0.5) is 5.69 Å². The van der Waals surface area contributed by atoms with Crippen LogP contribution in [-0.4, -0.2) is 55.3 Å². The monoisotopic (exact) mass is 588 g/mol. The molecule has 3 aromatic rings. The number of allylic oxidation sites excluding steroid dienone is 1. The Morgan fingerprint density at radius 2 is 1.74 bits per heavy atom. The highest BCUT2D eigenvalue weighted by atomic mass is 35.5. The Labute approximate surface area is 254 Å². The smallest absolute Gasteiger partial charge is 0.341 e. The Kier molecular flexibility index (Phi) is 9.14. The normalized spacial score (nSPS) is 17.3. The Balaban J connectivity index is 1.32. The quantitative estimate of drug-likeness (QED) is 0.268. The number of halogens is 1. The van der Waals surface area contributed by atoms with E-state index in [0.29, 0.717) is 28.0 Å². The number of aromatic hydroxyl groups is 1. The molecule has 5 rings (SSSR count). The molecule has 0 saturated carbocycles. The van der Waals surface area contributed by atoms with Gasteiger partial charge in [-0.2, -0.15) is 0 Å². The third-order valence-corrected chi connectivity index (χ3v) is 8.72. The highest BCUT2D eigenvalue weighted by Crippen LogP contribution is 2.43. The molecule has 0 aromatic heterocycles. The van der Waals surface area contributed by atoms with Crippen LogP contribution in [0, 0.1) is 12.3 Å². The standard InChI is InChI=1S/C35H41ClN2O4/c1-5-41-34(40)29-14-13-28(21-33(29)42-32-8-6-7-31(39)24(32)2)38-19-17-37(18-20-38)23-26-15-16-35(3,4)22-30(26)25-9-11-27(36)12-10-25/h6-14,21,39H,5,15-20,22-23H2,1-4H3. The fourth-order valence-electron chi connectivity index (χ4n) is 5.90. The zero-order valence-electron chi connectivity index (χ0n) is 25.1. The number of ether oxygens (including phenoxy) is 2. The number of hydrogen-bond donors (Lipinski definition) is 1. The first-order valence-electron chi connectivity index (χ1n) is 14.9. The summed E-state index contributed by atoms with van der Waals surface area (Å²) in [5, 5.41) is 10.9. The second-order valence-electron chi connectivity index (χ2n) is 12.1. The number of esters is 1. The molecule has 0 bridgehead atoms. The molecule has 42 heavy (non-hydrogen) atoms. The van der Waals surface area contributed by atoms with Gasteiger partial charge in [0, 0.05) is 55.1 Å². The lowest BCUT2D eigenvalue weighted by atomic mass is 9.72. The van der Waals surface area contributed by atoms with Crippen molar-refractivity contribution in [3.8, 4) is 17.2 Å². The summed E-state index contributed by atoms with van der Waals surface area (Å²) < 4.78 is 11.5. The molecule has 7 heteroatoms. The summed E-state index contributed by atoms with van der Waals surface area (Å²) in [6.45, 7) is 13.2. The second-order valence-corrected chi connectivity index (χ2v) is 12.5. The molecule has 222 valence electrons. The molecule has 1 heterocycles. The summed E-state index contributed by atoms with van der Waals surface area (Å²) in [4.78, 5) is 17.6. The van der Waals surface area contributed by atoms with Gasteiger partial charge in [-0.15, -0.1) is 0 Å². The van der Waals surface area contributed by atoms with Crippen molar-refractivity contribution in [3.05, 3.63) is 87.9 Å². The molecule has 1 aliphatic carbocycles. The average Bonchev–Trinajstić information content (AvgIpc) is 2.97. The van der Waals surface area contributed by atoms with E-state index in [9.17, 15) is 9.90 Å². The van der Waals surface area contributed by atoms with E-state index in [2.05, 4.69) is 35.8 Å². The number of phenolic OH excluding ortho intramolecular Hbond substituents is 1. The van der Waals surface area contributed by atoms with Crippen LogP contribution in [0.3, 0.4) is 0 Å². The summed E-state index contributed by atoms with van der Waals surface area (Å²) in [7, 11) is 0. The maximum atomic E-state index is 12.7. The van der Waals surface area contributed by atoms with Crippen LogP contribution in [0.15, 0.2) is 66.2 Å². The predicted octanol–water partition coefficient (Wildman–Crippen LogP) is 8.11. The number of nitrogens with zero attached hydrogens (tertiary/aromatic N) is 2. The minimum Gasteiger partial charge on any atom is -0.508 e. The van der Waals surface area contributed by atoms with E-state index in [1.807, 2.05) is 24.3 Å². The van der Waals surface area contributed by atoms with Crippen LogP contribution in [0.5, 0.6) is 17.2 Å². The Hall–Kier alpha value is -3.48. The number of carbonyl (C=O) groups is 1. The Morgan fingerprint density at radius 1 is 1.00 bits per heavy atom. The third kappa shape index (κ3) is 6.93. The maximum Gasteiger partial charge on any atom is 0.341 e. The van der Waals surface area contributed by atoms with Crippen molar-refractivity contribution in [2.45, 2.75) is 47.0 Å². The molecule has 0 radical (unpaired) electrons. The SMILES string of the molecule is CCOC(=O)c1ccc(N2CCN(CC3=C(c4ccc(Cl)cc4)CC(C)(C)CC3)CC2)cc1Oc1cccc(O)c1C. The molecule has 2 aliphatic rings. The Bertz CT molecular complexity index is 1460. The number of carbonyl (C=O) groups excluding carboxylic acids is 1. The lowest BCUT2D eigenvalue weighted by Crippen LogP contribution is -2.47. The van der Waals surface area contributed by atoms with E-state index < -0.39 is 5.97 Å². The molecule has 0 unspecified atom stereocenters. The minimum absolute atomic E-state index is 0.147. The first-order chi connectivity index (χ1) is 20.1. The van der Waals surface area contributed by atoms with Crippen molar-refractivity contribution in [3.63, 3.8) is 0 Å². The summed E-state index contributed by atoms with van der Waals surface area (Å²) in [5.74, 6) is 0.642. The van der Waals surface area contributed by atoms with Crippen molar-refractivity contribution in [1.29, 1.82) is 0 Å². The molecular weight excluding hydrogens is 548 g/mol. The first-order valence-corrected chi connectivity index (χ1v) is 15.2. The van der Waals surface area contributed by atoms with E-state index in [1.165, 1.54) is 17.6 Å². The second kappa shape index (κ2) is 12.8. The van der Waals surface area contributed by atoms with Crippen LogP contribution in [0.25, 0.3) is 5.57 Å². The van der Waals surface area contributed by atoms with Crippen LogP contribution in [0.2, 0.25) is 5.02 Å². The van der Waals surface area contributed by atoms with Crippen molar-refractivity contribution in [1.82, 2.24) is 4.90 Å². The molecule has 0 spiro atoms. The van der Waals surface area contributed by atoms with Gasteiger partial charge in [0.05, 0.1) is 6.61 Å².